The van der Waals surface area contributed by atoms with Crippen LogP contribution < -0.4 is 0 Å². The van der Waals surface area contributed by atoms with Crippen LogP contribution >= 0.6 is 0 Å². The number of aliphatic hydroxyl groups is 1. The predicted octanol–water partition coefficient (Wildman–Crippen LogP) is 3.25. The van der Waals surface area contributed by atoms with E-state index in [1.807, 2.05) is 0 Å². The van der Waals surface area contributed by atoms with Gasteiger partial charge in [0.15, 0.2) is 0 Å². The predicted molar refractivity (Wildman–Crippen MR) is 87.5 cm³/mol. The highest BCUT2D eigenvalue weighted by molar-refractivity contribution is 5.79. The molecule has 2 aliphatic rings. The average Bonchev–Trinajstić information content (AvgIpc) is 2.53. The summed E-state index contributed by atoms with van der Waals surface area (Å²) in [6.45, 7) is 5.72. The second-order valence-corrected chi connectivity index (χ2v) is 7.23. The number of carbonyl (C=O) groups is 1. The van der Waals surface area contributed by atoms with Gasteiger partial charge in [0.25, 0.3) is 0 Å². The molecule has 3 rings (SSSR count). The summed E-state index contributed by atoms with van der Waals surface area (Å²) in [5.74, 6) is 1.14. The van der Waals surface area contributed by atoms with Crippen LogP contribution in [0.1, 0.15) is 56.6 Å². The largest absolute Gasteiger partial charge is 0.385 e. The molecule has 1 heterocycles. The Morgan fingerprint density at radius 1 is 1.14 bits per heavy atom. The highest BCUT2D eigenvalue weighted by Crippen LogP contribution is 2.35. The van der Waals surface area contributed by atoms with Crippen molar-refractivity contribution < 1.29 is 9.90 Å². The lowest BCUT2D eigenvalue weighted by molar-refractivity contribution is -0.125. The van der Waals surface area contributed by atoms with E-state index in [0.717, 1.165) is 18.0 Å². The first-order valence-electron chi connectivity index (χ1n) is 8.61. The van der Waals surface area contributed by atoms with Crippen molar-refractivity contribution in [2.45, 2.75) is 57.6 Å². The number of carbonyl (C=O) groups excluding carboxylic acids is 1. The molecule has 120 valence electrons. The van der Waals surface area contributed by atoms with Crippen LogP contribution in [0.2, 0.25) is 0 Å². The standard InChI is InChI=1S/C19H27NO2/c1-15-8-12-20(13-9-15)14-16-2-4-17(5-3-16)19(22)10-6-18(21)7-11-19/h2-5,15,22H,6-14H2,1H3. The number of nitrogens with zero attached hydrogens (tertiary/aromatic N) is 1. The molecule has 0 bridgehead atoms. The van der Waals surface area contributed by atoms with Crippen molar-refractivity contribution in [1.82, 2.24) is 4.90 Å². The van der Waals surface area contributed by atoms with Gasteiger partial charge in [-0.2, -0.15) is 0 Å². The quantitative estimate of drug-likeness (QED) is 0.931. The molecule has 3 heteroatoms. The molecule has 0 atom stereocenters. The van der Waals surface area contributed by atoms with E-state index in [0.29, 0.717) is 25.7 Å². The minimum Gasteiger partial charge on any atom is -0.385 e. The summed E-state index contributed by atoms with van der Waals surface area (Å²) in [5, 5.41) is 10.7. The third-order valence-corrected chi connectivity index (χ3v) is 5.41. The van der Waals surface area contributed by atoms with Gasteiger partial charge >= 0.3 is 0 Å². The maximum atomic E-state index is 11.4. The van der Waals surface area contributed by atoms with Gasteiger partial charge in [0, 0.05) is 19.4 Å². The van der Waals surface area contributed by atoms with Crippen LogP contribution in [0.25, 0.3) is 0 Å². The monoisotopic (exact) mass is 301 g/mol. The SMILES string of the molecule is CC1CCN(Cc2ccc(C3(O)CCC(=O)CC3)cc2)CC1. The molecule has 0 unspecified atom stereocenters. The first-order chi connectivity index (χ1) is 10.5. The fourth-order valence-electron chi connectivity index (χ4n) is 3.63. The van der Waals surface area contributed by atoms with Gasteiger partial charge in [-0.15, -0.1) is 0 Å². The van der Waals surface area contributed by atoms with Gasteiger partial charge in [-0.05, 0) is 55.8 Å². The van der Waals surface area contributed by atoms with E-state index in [1.165, 1.54) is 31.5 Å². The lowest BCUT2D eigenvalue weighted by atomic mass is 9.79. The van der Waals surface area contributed by atoms with Gasteiger partial charge in [-0.1, -0.05) is 31.2 Å². The molecule has 2 fully saturated rings. The minimum atomic E-state index is -0.799. The number of hydrogen-bond acceptors (Lipinski definition) is 3. The van der Waals surface area contributed by atoms with Crippen molar-refractivity contribution >= 4 is 5.78 Å². The summed E-state index contributed by atoms with van der Waals surface area (Å²) in [6.07, 6.45) is 4.73. The van der Waals surface area contributed by atoms with Crippen molar-refractivity contribution in [3.8, 4) is 0 Å². The zero-order chi connectivity index (χ0) is 15.6. The summed E-state index contributed by atoms with van der Waals surface area (Å²) in [5.41, 5.74) is 1.48. The van der Waals surface area contributed by atoms with Crippen molar-refractivity contribution in [1.29, 1.82) is 0 Å². The number of likely N-dealkylation sites (tertiary alicyclic amines) is 1. The molecule has 1 aromatic rings. The molecule has 1 aliphatic carbocycles. The molecule has 1 aliphatic heterocycles. The molecular formula is C19H27NO2. The van der Waals surface area contributed by atoms with Crippen molar-refractivity contribution in [2.24, 2.45) is 5.92 Å². The fraction of sp³-hybridized carbons (Fsp3) is 0.632. The summed E-state index contributed by atoms with van der Waals surface area (Å²) in [6, 6.07) is 8.39. The Bertz CT molecular complexity index is 505. The summed E-state index contributed by atoms with van der Waals surface area (Å²) < 4.78 is 0. The third kappa shape index (κ3) is 3.58. The van der Waals surface area contributed by atoms with E-state index < -0.39 is 5.60 Å². The number of piperidine rings is 1. The summed E-state index contributed by atoms with van der Waals surface area (Å²) in [4.78, 5) is 13.9. The van der Waals surface area contributed by atoms with Gasteiger partial charge in [0.05, 0.1) is 5.60 Å². The normalized spacial score (nSPS) is 23.6. The lowest BCUT2D eigenvalue weighted by Crippen LogP contribution is -2.33. The molecule has 0 amide bonds. The number of benzene rings is 1. The van der Waals surface area contributed by atoms with E-state index in [9.17, 15) is 9.90 Å². The van der Waals surface area contributed by atoms with Crippen LogP contribution in [0.4, 0.5) is 0 Å². The Hall–Kier alpha value is -1.19. The number of rotatable bonds is 3. The van der Waals surface area contributed by atoms with E-state index in [4.69, 9.17) is 0 Å². The topological polar surface area (TPSA) is 40.5 Å². The van der Waals surface area contributed by atoms with Gasteiger partial charge in [0.2, 0.25) is 0 Å². The molecule has 22 heavy (non-hydrogen) atoms. The van der Waals surface area contributed by atoms with Crippen molar-refractivity contribution in [2.75, 3.05) is 13.1 Å². The second kappa shape index (κ2) is 6.51. The van der Waals surface area contributed by atoms with Crippen LogP contribution in [-0.4, -0.2) is 28.9 Å². The van der Waals surface area contributed by atoms with Crippen LogP contribution in [0, 0.1) is 5.92 Å². The van der Waals surface area contributed by atoms with E-state index in [2.05, 4.69) is 36.1 Å². The van der Waals surface area contributed by atoms with Gasteiger partial charge < -0.3 is 5.11 Å². The van der Waals surface area contributed by atoms with Crippen LogP contribution in [0.15, 0.2) is 24.3 Å². The van der Waals surface area contributed by atoms with E-state index in [1.54, 1.807) is 0 Å². The minimum absolute atomic E-state index is 0.278. The summed E-state index contributed by atoms with van der Waals surface area (Å²) in [7, 11) is 0. The Morgan fingerprint density at radius 3 is 2.32 bits per heavy atom. The Balaban J connectivity index is 1.61. The van der Waals surface area contributed by atoms with Crippen LogP contribution in [-0.2, 0) is 16.9 Å². The molecule has 3 nitrogen and oxygen atoms in total. The van der Waals surface area contributed by atoms with Crippen molar-refractivity contribution in [3.63, 3.8) is 0 Å². The Morgan fingerprint density at radius 2 is 1.73 bits per heavy atom. The van der Waals surface area contributed by atoms with Gasteiger partial charge in [-0.3, -0.25) is 9.69 Å². The lowest BCUT2D eigenvalue weighted by Gasteiger charge is -2.32. The van der Waals surface area contributed by atoms with Gasteiger partial charge in [0.1, 0.15) is 5.78 Å². The number of ketones is 1. The maximum Gasteiger partial charge on any atom is 0.133 e. The summed E-state index contributed by atoms with van der Waals surface area (Å²) >= 11 is 0. The Labute approximate surface area is 133 Å². The average molecular weight is 301 g/mol. The first kappa shape index (κ1) is 15.7. The number of hydrogen-bond donors (Lipinski definition) is 1. The molecule has 1 N–H and O–H groups in total. The Kier molecular flexibility index (Phi) is 4.65. The molecule has 1 saturated heterocycles. The molecule has 0 spiro atoms. The third-order valence-electron chi connectivity index (χ3n) is 5.41. The van der Waals surface area contributed by atoms with E-state index >= 15 is 0 Å². The van der Waals surface area contributed by atoms with E-state index in [-0.39, 0.29) is 5.78 Å². The first-order valence-corrected chi connectivity index (χ1v) is 8.61. The highest BCUT2D eigenvalue weighted by Gasteiger charge is 2.33. The fourth-order valence-corrected chi connectivity index (χ4v) is 3.63. The highest BCUT2D eigenvalue weighted by atomic mass is 16.3. The van der Waals surface area contributed by atoms with Crippen LogP contribution in [0.5, 0.6) is 0 Å². The van der Waals surface area contributed by atoms with Crippen molar-refractivity contribution in [3.05, 3.63) is 35.4 Å². The molecule has 0 aromatic heterocycles. The van der Waals surface area contributed by atoms with Gasteiger partial charge in [-0.25, -0.2) is 0 Å². The zero-order valence-corrected chi connectivity index (χ0v) is 13.6. The molecular weight excluding hydrogens is 274 g/mol. The molecule has 0 radical (unpaired) electrons. The smallest absolute Gasteiger partial charge is 0.133 e. The second-order valence-electron chi connectivity index (χ2n) is 7.23. The number of Topliss-reactive ketones (excluding diaryl/α,β-unsaturated/α-hetero) is 1. The molecule has 1 aromatic carbocycles. The molecule has 1 saturated carbocycles. The zero-order valence-electron chi connectivity index (χ0n) is 13.6. The van der Waals surface area contributed by atoms with Crippen LogP contribution in [0.3, 0.4) is 0 Å². The maximum absolute atomic E-state index is 11.4.